The lowest BCUT2D eigenvalue weighted by atomic mass is 10.1. The van der Waals surface area contributed by atoms with Crippen LogP contribution in [-0.2, 0) is 0 Å². The minimum Gasteiger partial charge on any atom is -0.364 e. The zero-order valence-electron chi connectivity index (χ0n) is 7.79. The molecule has 1 aromatic carbocycles. The van der Waals surface area contributed by atoms with E-state index < -0.39 is 0 Å². The average Bonchev–Trinajstić information content (AvgIpc) is 2.18. The molecule has 14 heavy (non-hydrogen) atoms. The highest BCUT2D eigenvalue weighted by atomic mass is 16.2. The second kappa shape index (κ2) is 3.54. The van der Waals surface area contributed by atoms with Gasteiger partial charge in [-0.2, -0.15) is 0 Å². The van der Waals surface area contributed by atoms with Gasteiger partial charge in [-0.3, -0.25) is 4.79 Å². The van der Waals surface area contributed by atoms with Gasteiger partial charge in [-0.05, 0) is 12.1 Å². The van der Waals surface area contributed by atoms with Crippen LogP contribution < -0.4 is 10.6 Å². The molecule has 1 heterocycles. The van der Waals surface area contributed by atoms with Gasteiger partial charge in [0.05, 0.1) is 5.56 Å². The summed E-state index contributed by atoms with van der Waals surface area (Å²) in [5.74, 6) is -0.0220. The monoisotopic (exact) mass is 188 g/mol. The van der Waals surface area contributed by atoms with Gasteiger partial charge >= 0.3 is 0 Å². The van der Waals surface area contributed by atoms with Crippen LogP contribution in [-0.4, -0.2) is 12.1 Å². The molecule has 3 heteroatoms. The molecule has 3 nitrogen and oxygen atoms in total. The van der Waals surface area contributed by atoms with Crippen molar-refractivity contribution in [3.05, 3.63) is 42.5 Å². The molecule has 1 aliphatic heterocycles. The normalized spacial score (nSPS) is 19.1. The van der Waals surface area contributed by atoms with Crippen LogP contribution in [0.2, 0.25) is 0 Å². The predicted molar refractivity (Wildman–Crippen MR) is 56.1 cm³/mol. The van der Waals surface area contributed by atoms with Gasteiger partial charge in [-0.1, -0.05) is 18.2 Å². The summed E-state index contributed by atoms with van der Waals surface area (Å²) in [6.07, 6.45) is 2.47. The van der Waals surface area contributed by atoms with E-state index in [0.29, 0.717) is 5.56 Å². The Morgan fingerprint density at radius 1 is 1.36 bits per heavy atom. The minimum absolute atomic E-state index is 0.0220. The summed E-state index contributed by atoms with van der Waals surface area (Å²) in [6.45, 7) is 3.64. The van der Waals surface area contributed by atoms with Gasteiger partial charge in [0.25, 0.3) is 5.91 Å². The Morgan fingerprint density at radius 2 is 2.14 bits per heavy atom. The first-order valence-electron chi connectivity index (χ1n) is 4.58. The second-order valence-corrected chi connectivity index (χ2v) is 3.24. The van der Waals surface area contributed by atoms with Gasteiger partial charge in [-0.15, -0.1) is 6.58 Å². The molecule has 72 valence electrons. The first kappa shape index (κ1) is 8.81. The molecule has 0 aliphatic carbocycles. The van der Waals surface area contributed by atoms with Crippen LogP contribution in [0, 0.1) is 0 Å². The standard InChI is InChI=1S/C11H12N2O/c1-2-5-10-12-9-7-4-3-6-8(9)11(14)13-10/h2-4,6-7,10,12H,1,5H2,(H,13,14). The van der Waals surface area contributed by atoms with E-state index in [1.807, 2.05) is 24.3 Å². The molecule has 2 rings (SSSR count). The number of rotatable bonds is 2. The van der Waals surface area contributed by atoms with E-state index in [1.54, 1.807) is 6.08 Å². The molecule has 1 amide bonds. The summed E-state index contributed by atoms with van der Waals surface area (Å²) in [4.78, 5) is 11.6. The number of nitrogens with one attached hydrogen (secondary N) is 2. The van der Waals surface area contributed by atoms with Crippen molar-refractivity contribution in [3.63, 3.8) is 0 Å². The van der Waals surface area contributed by atoms with E-state index in [1.165, 1.54) is 0 Å². The highest BCUT2D eigenvalue weighted by Gasteiger charge is 2.21. The van der Waals surface area contributed by atoms with Crippen molar-refractivity contribution in [2.75, 3.05) is 5.32 Å². The van der Waals surface area contributed by atoms with Crippen LogP contribution in [0.25, 0.3) is 0 Å². The predicted octanol–water partition coefficient (Wildman–Crippen LogP) is 1.74. The highest BCUT2D eigenvalue weighted by Crippen LogP contribution is 2.20. The summed E-state index contributed by atoms with van der Waals surface area (Å²) in [6, 6.07) is 7.48. The average molecular weight is 188 g/mol. The number of hydrogen-bond donors (Lipinski definition) is 2. The van der Waals surface area contributed by atoms with Gasteiger partial charge in [0.2, 0.25) is 0 Å². The molecule has 0 saturated carbocycles. The first-order chi connectivity index (χ1) is 6.81. The summed E-state index contributed by atoms with van der Waals surface area (Å²) in [5.41, 5.74) is 1.59. The van der Waals surface area contributed by atoms with Crippen molar-refractivity contribution in [2.45, 2.75) is 12.6 Å². The van der Waals surface area contributed by atoms with Crippen LogP contribution in [0.4, 0.5) is 5.69 Å². The van der Waals surface area contributed by atoms with Crippen LogP contribution >= 0.6 is 0 Å². The molecule has 0 bridgehead atoms. The molecule has 0 aromatic heterocycles. The fourth-order valence-electron chi connectivity index (χ4n) is 1.55. The molecular formula is C11H12N2O. The third-order valence-corrected chi connectivity index (χ3v) is 2.21. The lowest BCUT2D eigenvalue weighted by Crippen LogP contribution is -2.44. The lowest BCUT2D eigenvalue weighted by molar-refractivity contribution is 0.0936. The summed E-state index contributed by atoms with van der Waals surface area (Å²) < 4.78 is 0. The van der Waals surface area contributed by atoms with Crippen LogP contribution in [0.3, 0.4) is 0 Å². The summed E-state index contributed by atoms with van der Waals surface area (Å²) in [7, 11) is 0. The lowest BCUT2D eigenvalue weighted by Gasteiger charge is -2.26. The molecule has 0 fully saturated rings. The number of anilines is 1. The topological polar surface area (TPSA) is 41.1 Å². The third kappa shape index (κ3) is 1.48. The number of benzene rings is 1. The molecule has 0 radical (unpaired) electrons. The largest absolute Gasteiger partial charge is 0.364 e. The smallest absolute Gasteiger partial charge is 0.254 e. The maximum atomic E-state index is 11.6. The van der Waals surface area contributed by atoms with E-state index in [2.05, 4.69) is 17.2 Å². The van der Waals surface area contributed by atoms with Crippen molar-refractivity contribution >= 4 is 11.6 Å². The van der Waals surface area contributed by atoms with Crippen molar-refractivity contribution in [2.24, 2.45) is 0 Å². The molecule has 1 unspecified atom stereocenters. The number of carbonyl (C=O) groups is 1. The third-order valence-electron chi connectivity index (χ3n) is 2.21. The Hall–Kier alpha value is -1.77. The summed E-state index contributed by atoms with van der Waals surface area (Å²) >= 11 is 0. The zero-order chi connectivity index (χ0) is 9.97. The number of para-hydroxylation sites is 1. The fraction of sp³-hybridized carbons (Fsp3) is 0.182. The van der Waals surface area contributed by atoms with Crippen molar-refractivity contribution in [3.8, 4) is 0 Å². The van der Waals surface area contributed by atoms with Gasteiger partial charge in [0.15, 0.2) is 0 Å². The maximum Gasteiger partial charge on any atom is 0.254 e. The molecule has 0 spiro atoms. The number of fused-ring (bicyclic) bond motifs is 1. The van der Waals surface area contributed by atoms with Crippen molar-refractivity contribution < 1.29 is 4.79 Å². The number of carbonyl (C=O) groups excluding carboxylic acids is 1. The molecule has 1 aliphatic rings. The van der Waals surface area contributed by atoms with Crippen molar-refractivity contribution in [1.29, 1.82) is 0 Å². The molecular weight excluding hydrogens is 176 g/mol. The summed E-state index contributed by atoms with van der Waals surface area (Å²) in [5, 5.41) is 6.08. The van der Waals surface area contributed by atoms with Gasteiger partial charge < -0.3 is 10.6 Å². The maximum absolute atomic E-state index is 11.6. The van der Waals surface area contributed by atoms with Gasteiger partial charge in [0, 0.05) is 12.1 Å². The number of hydrogen-bond acceptors (Lipinski definition) is 2. The van der Waals surface area contributed by atoms with E-state index in [9.17, 15) is 4.79 Å². The van der Waals surface area contributed by atoms with E-state index in [0.717, 1.165) is 12.1 Å². The Kier molecular flexibility index (Phi) is 2.23. The Morgan fingerprint density at radius 3 is 2.93 bits per heavy atom. The van der Waals surface area contributed by atoms with Crippen molar-refractivity contribution in [1.82, 2.24) is 5.32 Å². The SMILES string of the molecule is C=CCC1NC(=O)c2ccccc2N1. The zero-order valence-corrected chi connectivity index (χ0v) is 7.79. The van der Waals surface area contributed by atoms with Crippen LogP contribution in [0.1, 0.15) is 16.8 Å². The van der Waals surface area contributed by atoms with E-state index >= 15 is 0 Å². The number of amides is 1. The quantitative estimate of drug-likeness (QED) is 0.694. The molecule has 2 N–H and O–H groups in total. The highest BCUT2D eigenvalue weighted by molar-refractivity contribution is 6.01. The van der Waals surface area contributed by atoms with E-state index in [-0.39, 0.29) is 12.1 Å². The molecule has 1 atom stereocenters. The van der Waals surface area contributed by atoms with Crippen LogP contribution in [0.15, 0.2) is 36.9 Å². The van der Waals surface area contributed by atoms with Gasteiger partial charge in [0.1, 0.15) is 6.17 Å². The Labute approximate surface area is 82.8 Å². The fourth-order valence-corrected chi connectivity index (χ4v) is 1.55. The second-order valence-electron chi connectivity index (χ2n) is 3.24. The van der Waals surface area contributed by atoms with E-state index in [4.69, 9.17) is 0 Å². The van der Waals surface area contributed by atoms with Gasteiger partial charge in [-0.25, -0.2) is 0 Å². The Balaban J connectivity index is 2.28. The minimum atomic E-state index is -0.0325. The molecule has 1 aromatic rings. The van der Waals surface area contributed by atoms with Crippen LogP contribution in [0.5, 0.6) is 0 Å². The molecule has 0 saturated heterocycles. The Bertz CT molecular complexity index is 373. The first-order valence-corrected chi connectivity index (χ1v) is 4.58.